The minimum absolute atomic E-state index is 0.152. The third-order valence-corrected chi connectivity index (χ3v) is 6.34. The number of aryl methyl sites for hydroxylation is 1. The fraction of sp³-hybridized carbons (Fsp3) is 0.300. The maximum atomic E-state index is 12.4. The summed E-state index contributed by atoms with van der Waals surface area (Å²) in [6.45, 7) is 0. The topological polar surface area (TPSA) is 62.1 Å². The van der Waals surface area contributed by atoms with Gasteiger partial charge in [-0.15, -0.1) is 11.8 Å². The number of carbonyl (C=O) groups is 1. The summed E-state index contributed by atoms with van der Waals surface area (Å²) in [6, 6.07) is 11.5. The van der Waals surface area contributed by atoms with Crippen LogP contribution in [0.5, 0.6) is 17.2 Å². The lowest BCUT2D eigenvalue weighted by Crippen LogP contribution is -2.13. The molecular formula is C20H22N2O4S2. The van der Waals surface area contributed by atoms with Crippen molar-refractivity contribution in [2.24, 2.45) is 12.0 Å². The van der Waals surface area contributed by atoms with Crippen LogP contribution < -0.4 is 19.0 Å². The summed E-state index contributed by atoms with van der Waals surface area (Å²) in [7, 11) is 6.76. The van der Waals surface area contributed by atoms with Crippen molar-refractivity contribution >= 4 is 39.2 Å². The highest BCUT2D eigenvalue weighted by Crippen LogP contribution is 2.34. The third kappa shape index (κ3) is 4.34. The van der Waals surface area contributed by atoms with Crippen LogP contribution in [0.3, 0.4) is 0 Å². The molecule has 1 aromatic heterocycles. The maximum absolute atomic E-state index is 12.4. The molecular weight excluding hydrogens is 396 g/mol. The number of thioether (sulfide) groups is 1. The number of nitrogens with zero attached hydrogens (tertiary/aromatic N) is 2. The summed E-state index contributed by atoms with van der Waals surface area (Å²) in [4.78, 5) is 18.4. The minimum Gasteiger partial charge on any atom is -0.497 e. The molecule has 0 saturated heterocycles. The van der Waals surface area contributed by atoms with Crippen LogP contribution in [0.25, 0.3) is 10.2 Å². The fourth-order valence-corrected chi connectivity index (χ4v) is 4.71. The summed E-state index contributed by atoms with van der Waals surface area (Å²) < 4.78 is 18.8. The van der Waals surface area contributed by atoms with Gasteiger partial charge in [-0.3, -0.25) is 4.79 Å². The second kappa shape index (κ2) is 9.16. The molecule has 8 heteroatoms. The highest BCUT2D eigenvalue weighted by Gasteiger charge is 2.14. The predicted octanol–water partition coefficient (Wildman–Crippen LogP) is 3.88. The van der Waals surface area contributed by atoms with E-state index in [1.165, 1.54) is 11.3 Å². The zero-order valence-electron chi connectivity index (χ0n) is 16.2. The molecule has 0 atom stereocenters. The van der Waals surface area contributed by atoms with Gasteiger partial charge in [-0.05, 0) is 36.4 Å². The van der Waals surface area contributed by atoms with Crippen LogP contribution in [0.2, 0.25) is 0 Å². The first kappa shape index (κ1) is 20.3. The molecule has 0 aliphatic rings. The van der Waals surface area contributed by atoms with Crippen LogP contribution in [0.15, 0.2) is 46.3 Å². The molecule has 0 N–H and O–H groups in total. The van der Waals surface area contributed by atoms with Crippen LogP contribution in [-0.2, 0) is 11.8 Å². The van der Waals surface area contributed by atoms with Crippen molar-refractivity contribution < 1.29 is 19.0 Å². The number of aromatic nitrogens is 1. The van der Waals surface area contributed by atoms with Crippen LogP contribution in [0.1, 0.15) is 6.42 Å². The number of thiazole rings is 1. The predicted molar refractivity (Wildman–Crippen MR) is 113 cm³/mol. The molecule has 0 spiro atoms. The van der Waals surface area contributed by atoms with Crippen molar-refractivity contribution in [3.63, 3.8) is 0 Å². The number of fused-ring (bicyclic) bond motifs is 1. The van der Waals surface area contributed by atoms with Crippen molar-refractivity contribution in [2.45, 2.75) is 11.3 Å². The fourth-order valence-electron chi connectivity index (χ4n) is 2.72. The first-order valence-corrected chi connectivity index (χ1v) is 10.4. The van der Waals surface area contributed by atoms with Gasteiger partial charge in [0.1, 0.15) is 27.5 Å². The summed E-state index contributed by atoms with van der Waals surface area (Å²) in [6.07, 6.45) is 0.360. The average molecular weight is 419 g/mol. The Morgan fingerprint density at radius 1 is 1.04 bits per heavy atom. The van der Waals surface area contributed by atoms with E-state index in [1.807, 2.05) is 48.0 Å². The Hall–Kier alpha value is -2.45. The van der Waals surface area contributed by atoms with Gasteiger partial charge in [0.15, 0.2) is 4.80 Å². The second-order valence-corrected chi connectivity index (χ2v) is 8.02. The monoisotopic (exact) mass is 418 g/mol. The molecule has 0 saturated carbocycles. The number of carbonyl (C=O) groups excluding carboxylic acids is 1. The lowest BCUT2D eigenvalue weighted by molar-refractivity contribution is -0.117. The molecule has 3 rings (SSSR count). The van der Waals surface area contributed by atoms with Crippen molar-refractivity contribution in [1.29, 1.82) is 0 Å². The van der Waals surface area contributed by atoms with Gasteiger partial charge >= 0.3 is 0 Å². The van der Waals surface area contributed by atoms with E-state index in [0.717, 1.165) is 32.4 Å². The molecule has 3 aromatic rings. The molecule has 6 nitrogen and oxygen atoms in total. The number of hydrogen-bond donors (Lipinski definition) is 0. The van der Waals surface area contributed by atoms with E-state index in [-0.39, 0.29) is 5.91 Å². The molecule has 1 heterocycles. The summed E-state index contributed by atoms with van der Waals surface area (Å²) in [5.41, 5.74) is 0.867. The quantitative estimate of drug-likeness (QED) is 0.545. The van der Waals surface area contributed by atoms with Gasteiger partial charge in [0.25, 0.3) is 0 Å². The van der Waals surface area contributed by atoms with Gasteiger partial charge in [-0.2, -0.15) is 4.99 Å². The van der Waals surface area contributed by atoms with Crippen molar-refractivity contribution in [1.82, 2.24) is 4.57 Å². The molecule has 0 unspecified atom stereocenters. The third-order valence-electron chi connectivity index (χ3n) is 4.18. The largest absolute Gasteiger partial charge is 0.497 e. The van der Waals surface area contributed by atoms with Crippen molar-refractivity contribution in [3.05, 3.63) is 41.2 Å². The Bertz CT molecular complexity index is 1040. The van der Waals surface area contributed by atoms with Crippen molar-refractivity contribution in [2.75, 3.05) is 27.1 Å². The van der Waals surface area contributed by atoms with Crippen LogP contribution in [-0.4, -0.2) is 37.6 Å². The highest BCUT2D eigenvalue weighted by atomic mass is 32.2. The van der Waals surface area contributed by atoms with E-state index in [2.05, 4.69) is 4.99 Å². The van der Waals surface area contributed by atoms with E-state index in [9.17, 15) is 4.79 Å². The standard InChI is InChI=1S/C20H22N2O4S2/c1-22-18-15(25-3)9-10-16(26-4)19(18)28-20(22)21-17(23)11-12-27-14-7-5-13(24-2)6-8-14/h5-10H,11-12H2,1-4H3. The van der Waals surface area contributed by atoms with E-state index in [1.54, 1.807) is 33.1 Å². The zero-order chi connectivity index (χ0) is 20.1. The van der Waals surface area contributed by atoms with Crippen LogP contribution >= 0.6 is 23.1 Å². The number of rotatable bonds is 7. The van der Waals surface area contributed by atoms with Crippen molar-refractivity contribution in [3.8, 4) is 17.2 Å². The summed E-state index contributed by atoms with van der Waals surface area (Å²) in [5.74, 6) is 2.79. The lowest BCUT2D eigenvalue weighted by Gasteiger charge is -2.06. The number of hydrogen-bond acceptors (Lipinski definition) is 6. The summed E-state index contributed by atoms with van der Waals surface area (Å²) in [5, 5.41) is 0. The molecule has 2 aromatic carbocycles. The van der Waals surface area contributed by atoms with E-state index < -0.39 is 0 Å². The average Bonchev–Trinajstić information content (AvgIpc) is 3.04. The summed E-state index contributed by atoms with van der Waals surface area (Å²) >= 11 is 3.04. The Morgan fingerprint density at radius 3 is 2.36 bits per heavy atom. The molecule has 0 radical (unpaired) electrons. The van der Waals surface area contributed by atoms with E-state index in [4.69, 9.17) is 14.2 Å². The first-order valence-electron chi connectivity index (χ1n) is 8.62. The molecule has 0 bridgehead atoms. The lowest BCUT2D eigenvalue weighted by atomic mass is 10.3. The number of methoxy groups -OCH3 is 3. The van der Waals surface area contributed by atoms with Gasteiger partial charge in [0, 0.05) is 24.1 Å². The van der Waals surface area contributed by atoms with E-state index in [0.29, 0.717) is 17.0 Å². The van der Waals surface area contributed by atoms with Gasteiger partial charge in [0.2, 0.25) is 5.91 Å². The SMILES string of the molecule is COc1ccc(SCCC(=O)N=c2sc3c(OC)ccc(OC)c3n2C)cc1. The minimum atomic E-state index is -0.152. The van der Waals surface area contributed by atoms with Gasteiger partial charge in [-0.1, -0.05) is 11.3 Å². The molecule has 148 valence electrons. The van der Waals surface area contributed by atoms with E-state index >= 15 is 0 Å². The maximum Gasteiger partial charge on any atom is 0.249 e. The number of ether oxygens (including phenoxy) is 3. The Kier molecular flexibility index (Phi) is 6.64. The number of benzene rings is 2. The number of amides is 1. The zero-order valence-corrected chi connectivity index (χ0v) is 17.9. The van der Waals surface area contributed by atoms with Crippen LogP contribution in [0, 0.1) is 0 Å². The molecule has 28 heavy (non-hydrogen) atoms. The molecule has 0 aliphatic carbocycles. The molecule has 0 aliphatic heterocycles. The smallest absolute Gasteiger partial charge is 0.249 e. The van der Waals surface area contributed by atoms with Gasteiger partial charge in [0.05, 0.1) is 21.3 Å². The van der Waals surface area contributed by atoms with Crippen LogP contribution in [0.4, 0.5) is 0 Å². The van der Waals surface area contributed by atoms with Gasteiger partial charge < -0.3 is 18.8 Å². The first-order chi connectivity index (χ1) is 13.6. The Morgan fingerprint density at radius 2 is 1.71 bits per heavy atom. The van der Waals surface area contributed by atoms with Gasteiger partial charge in [-0.25, -0.2) is 0 Å². The second-order valence-electron chi connectivity index (χ2n) is 5.87. The normalized spacial score (nSPS) is 11.6. The Balaban J connectivity index is 1.75. The Labute approximate surface area is 171 Å². The molecule has 1 amide bonds. The molecule has 0 fully saturated rings. The highest BCUT2D eigenvalue weighted by molar-refractivity contribution is 7.99.